The van der Waals surface area contributed by atoms with E-state index in [1.54, 1.807) is 11.2 Å². The van der Waals surface area contributed by atoms with Crippen molar-refractivity contribution in [3.05, 3.63) is 42.6 Å². The van der Waals surface area contributed by atoms with Gasteiger partial charge in [-0.25, -0.2) is 18.1 Å². The third kappa shape index (κ3) is 3.65. The van der Waals surface area contributed by atoms with Gasteiger partial charge in [0.2, 0.25) is 15.9 Å². The Bertz CT molecular complexity index is 851. The van der Waals surface area contributed by atoms with Gasteiger partial charge >= 0.3 is 0 Å². The number of nitrogens with zero attached hydrogens (tertiary/aromatic N) is 3. The van der Waals surface area contributed by atoms with Gasteiger partial charge in [-0.05, 0) is 25.0 Å². The molecule has 1 saturated heterocycles. The molecule has 24 heavy (non-hydrogen) atoms. The molecule has 3 rings (SSSR count). The minimum Gasteiger partial charge on any atom is -0.341 e. The molecule has 8 heteroatoms. The van der Waals surface area contributed by atoms with Gasteiger partial charge in [-0.1, -0.05) is 18.7 Å². The van der Waals surface area contributed by atoms with Crippen LogP contribution in [0.15, 0.2) is 42.6 Å². The Hall–Kier alpha value is -2.19. The highest BCUT2D eigenvalue weighted by molar-refractivity contribution is 7.92. The fraction of sp³-hybridized carbons (Fsp3) is 0.375. The Morgan fingerprint density at radius 2 is 2.04 bits per heavy atom. The van der Waals surface area contributed by atoms with Gasteiger partial charge in [0.1, 0.15) is 6.54 Å². The van der Waals surface area contributed by atoms with E-state index in [1.807, 2.05) is 28.8 Å². The first-order valence-corrected chi connectivity index (χ1v) is 9.35. The smallest absolute Gasteiger partial charge is 0.242 e. The quantitative estimate of drug-likeness (QED) is 0.877. The third-order valence-electron chi connectivity index (χ3n) is 4.23. The molecule has 0 bridgehead atoms. The van der Waals surface area contributed by atoms with Crippen molar-refractivity contribution in [3.63, 3.8) is 0 Å². The molecule has 1 aromatic carbocycles. The highest BCUT2D eigenvalue weighted by Gasteiger charge is 2.25. The number of piperidine rings is 1. The molecular formula is C16H20N4O3S. The van der Waals surface area contributed by atoms with Gasteiger partial charge in [-0.2, -0.15) is 0 Å². The van der Waals surface area contributed by atoms with Crippen LogP contribution >= 0.6 is 0 Å². The summed E-state index contributed by atoms with van der Waals surface area (Å²) in [7, 11) is -3.42. The Balaban J connectivity index is 1.58. The van der Waals surface area contributed by atoms with Gasteiger partial charge in [0.25, 0.3) is 0 Å². The van der Waals surface area contributed by atoms with Crippen molar-refractivity contribution in [2.24, 2.45) is 0 Å². The van der Waals surface area contributed by atoms with Gasteiger partial charge in [0.05, 0.1) is 17.4 Å². The summed E-state index contributed by atoms with van der Waals surface area (Å²) in [6, 6.07) is 7.53. The number of likely N-dealkylation sites (tertiary alicyclic amines) is 1. The molecule has 0 saturated carbocycles. The number of carbonyl (C=O) groups is 1. The van der Waals surface area contributed by atoms with Crippen molar-refractivity contribution in [2.45, 2.75) is 25.4 Å². The van der Waals surface area contributed by atoms with E-state index in [2.05, 4.69) is 16.3 Å². The lowest BCUT2D eigenvalue weighted by atomic mass is 10.1. The zero-order valence-electron chi connectivity index (χ0n) is 13.3. The normalized spacial score (nSPS) is 16.4. The molecule has 1 fully saturated rings. The molecule has 7 nitrogen and oxygen atoms in total. The molecule has 0 radical (unpaired) electrons. The average molecular weight is 348 g/mol. The summed E-state index contributed by atoms with van der Waals surface area (Å²) in [5.41, 5.74) is 1.79. The summed E-state index contributed by atoms with van der Waals surface area (Å²) in [4.78, 5) is 18.5. The van der Waals surface area contributed by atoms with Gasteiger partial charge in [0.15, 0.2) is 0 Å². The summed E-state index contributed by atoms with van der Waals surface area (Å²) < 4.78 is 27.4. The monoisotopic (exact) mass is 348 g/mol. The van der Waals surface area contributed by atoms with E-state index < -0.39 is 10.0 Å². The second-order valence-corrected chi connectivity index (χ2v) is 7.50. The summed E-state index contributed by atoms with van der Waals surface area (Å²) in [6.45, 7) is 4.60. The second kappa shape index (κ2) is 6.74. The van der Waals surface area contributed by atoms with Crippen LogP contribution in [0.5, 0.6) is 0 Å². The first-order valence-electron chi connectivity index (χ1n) is 7.81. The van der Waals surface area contributed by atoms with Crippen molar-refractivity contribution in [3.8, 4) is 0 Å². The summed E-state index contributed by atoms with van der Waals surface area (Å²) in [5.74, 6) is 0.0168. The van der Waals surface area contributed by atoms with Gasteiger partial charge < -0.3 is 9.47 Å². The van der Waals surface area contributed by atoms with Crippen molar-refractivity contribution in [1.29, 1.82) is 0 Å². The SMILES string of the molecule is C=CS(=O)(=O)NC1CCN(C(=O)Cn2cnc3ccccc32)CC1. The molecule has 1 aromatic heterocycles. The molecule has 0 spiro atoms. The summed E-state index contributed by atoms with van der Waals surface area (Å²) >= 11 is 0. The molecule has 1 aliphatic heterocycles. The number of sulfonamides is 1. The molecule has 0 aliphatic carbocycles. The standard InChI is InChI=1S/C16H20N4O3S/c1-2-24(22,23)18-13-7-9-19(10-8-13)16(21)11-20-12-17-14-5-3-4-6-15(14)20/h2-6,12-13,18H,1,7-11H2. The van der Waals surface area contributed by atoms with E-state index in [9.17, 15) is 13.2 Å². The number of carbonyl (C=O) groups excluding carboxylic acids is 1. The fourth-order valence-electron chi connectivity index (χ4n) is 2.91. The maximum absolute atomic E-state index is 12.5. The molecule has 2 aromatic rings. The lowest BCUT2D eigenvalue weighted by Crippen LogP contribution is -2.46. The third-order valence-corrected chi connectivity index (χ3v) is 5.33. The predicted molar refractivity (Wildman–Crippen MR) is 91.6 cm³/mol. The molecule has 2 heterocycles. The van der Waals surface area contributed by atoms with E-state index >= 15 is 0 Å². The summed E-state index contributed by atoms with van der Waals surface area (Å²) in [5, 5.41) is 0.911. The molecule has 128 valence electrons. The number of hydrogen-bond acceptors (Lipinski definition) is 4. The van der Waals surface area contributed by atoms with Crippen LogP contribution < -0.4 is 4.72 Å². The molecule has 0 unspecified atom stereocenters. The zero-order valence-corrected chi connectivity index (χ0v) is 14.1. The number of rotatable bonds is 5. The van der Waals surface area contributed by atoms with E-state index in [1.165, 1.54) is 0 Å². The first-order chi connectivity index (χ1) is 11.5. The van der Waals surface area contributed by atoms with Crippen molar-refractivity contribution >= 4 is 27.0 Å². The predicted octanol–water partition coefficient (Wildman–Crippen LogP) is 1.09. The zero-order chi connectivity index (χ0) is 17.2. The topological polar surface area (TPSA) is 84.3 Å². The molecule has 1 aliphatic rings. The van der Waals surface area contributed by atoms with Crippen molar-refractivity contribution in [1.82, 2.24) is 19.2 Å². The van der Waals surface area contributed by atoms with E-state index in [-0.39, 0.29) is 18.5 Å². The number of nitrogens with one attached hydrogen (secondary N) is 1. The Morgan fingerprint density at radius 1 is 1.33 bits per heavy atom. The van der Waals surface area contributed by atoms with Crippen LogP contribution in [-0.4, -0.2) is 47.9 Å². The van der Waals surface area contributed by atoms with Crippen LogP contribution in [0.1, 0.15) is 12.8 Å². The van der Waals surface area contributed by atoms with E-state index in [0.717, 1.165) is 16.4 Å². The minimum absolute atomic E-state index is 0.0168. The van der Waals surface area contributed by atoms with Gasteiger partial charge in [-0.15, -0.1) is 0 Å². The molecule has 1 N–H and O–H groups in total. The minimum atomic E-state index is -3.42. The maximum Gasteiger partial charge on any atom is 0.242 e. The van der Waals surface area contributed by atoms with Crippen LogP contribution in [-0.2, 0) is 21.4 Å². The van der Waals surface area contributed by atoms with E-state index in [4.69, 9.17) is 0 Å². The van der Waals surface area contributed by atoms with Crippen molar-refractivity contribution in [2.75, 3.05) is 13.1 Å². The molecule has 0 atom stereocenters. The number of para-hydroxylation sites is 2. The molecule has 1 amide bonds. The Kier molecular flexibility index (Phi) is 4.68. The number of benzene rings is 1. The van der Waals surface area contributed by atoms with Gasteiger partial charge in [-0.3, -0.25) is 4.79 Å². The van der Waals surface area contributed by atoms with E-state index in [0.29, 0.717) is 25.9 Å². The Morgan fingerprint density at radius 3 is 2.75 bits per heavy atom. The Labute approximate surface area is 141 Å². The lowest BCUT2D eigenvalue weighted by Gasteiger charge is -2.32. The van der Waals surface area contributed by atoms with Crippen LogP contribution in [0.4, 0.5) is 0 Å². The van der Waals surface area contributed by atoms with Crippen LogP contribution in [0.2, 0.25) is 0 Å². The highest BCUT2D eigenvalue weighted by atomic mass is 32.2. The molecular weight excluding hydrogens is 328 g/mol. The van der Waals surface area contributed by atoms with Gasteiger partial charge in [0, 0.05) is 24.5 Å². The number of amides is 1. The number of aromatic nitrogens is 2. The highest BCUT2D eigenvalue weighted by Crippen LogP contribution is 2.15. The number of hydrogen-bond donors (Lipinski definition) is 1. The summed E-state index contributed by atoms with van der Waals surface area (Å²) in [6.07, 6.45) is 2.88. The van der Waals surface area contributed by atoms with Crippen LogP contribution in [0.25, 0.3) is 11.0 Å². The average Bonchev–Trinajstić information content (AvgIpc) is 2.98. The lowest BCUT2D eigenvalue weighted by molar-refractivity contribution is -0.132. The number of fused-ring (bicyclic) bond motifs is 1. The maximum atomic E-state index is 12.5. The number of imidazole rings is 1. The first kappa shape index (κ1) is 16.7. The van der Waals surface area contributed by atoms with Crippen molar-refractivity contribution < 1.29 is 13.2 Å². The van der Waals surface area contributed by atoms with Crippen LogP contribution in [0.3, 0.4) is 0 Å². The largest absolute Gasteiger partial charge is 0.341 e. The second-order valence-electron chi connectivity index (χ2n) is 5.85. The van der Waals surface area contributed by atoms with Crippen LogP contribution in [0, 0.1) is 0 Å². The fourth-order valence-corrected chi connectivity index (χ4v) is 3.71.